The maximum atomic E-state index is 12.8. The molecule has 0 saturated carbocycles. The normalized spacial score (nSPS) is 14.4. The summed E-state index contributed by atoms with van der Waals surface area (Å²) in [6.45, 7) is 5.17. The van der Waals surface area contributed by atoms with Crippen molar-refractivity contribution in [1.82, 2.24) is 9.80 Å². The van der Waals surface area contributed by atoms with Crippen LogP contribution in [0, 0.1) is 0 Å². The van der Waals surface area contributed by atoms with E-state index in [0.29, 0.717) is 37.5 Å². The third kappa shape index (κ3) is 5.90. The van der Waals surface area contributed by atoms with Crippen molar-refractivity contribution in [3.63, 3.8) is 0 Å². The molecule has 2 aromatic carbocycles. The highest BCUT2D eigenvalue weighted by Crippen LogP contribution is 2.19. The summed E-state index contributed by atoms with van der Waals surface area (Å²) in [6, 6.07) is 12.4. The molecule has 0 aliphatic carbocycles. The number of carbonyl (C=O) groups excluding carboxylic acids is 3. The van der Waals surface area contributed by atoms with Crippen LogP contribution in [0.15, 0.2) is 48.5 Å². The van der Waals surface area contributed by atoms with E-state index in [-0.39, 0.29) is 29.9 Å². The van der Waals surface area contributed by atoms with Gasteiger partial charge in [0.25, 0.3) is 11.8 Å². The average Bonchev–Trinajstić information content (AvgIpc) is 2.80. The minimum Gasteiger partial charge on any atom is -0.508 e. The summed E-state index contributed by atoms with van der Waals surface area (Å²) in [5, 5.41) is 9.34. The maximum absolute atomic E-state index is 12.8. The molecule has 3 rings (SSSR count). The number of carbonyl (C=O) groups is 3. The number of ether oxygens (including phenoxy) is 3. The standard InChI is InChI=1S/C23H26N2O7/c1-3-30-23(29)32-20-8-4-17(5-9-20)22(28)25-14-12-24(13-15-25)21(27)16(2)31-19-10-6-18(26)7-11-19/h4-11,16,26H,3,12-15H2,1-2H3. The van der Waals surface area contributed by atoms with E-state index in [4.69, 9.17) is 14.2 Å². The predicted octanol–water partition coefficient (Wildman–Crippen LogP) is 2.68. The Bertz CT molecular complexity index is 936. The summed E-state index contributed by atoms with van der Waals surface area (Å²) >= 11 is 0. The van der Waals surface area contributed by atoms with Gasteiger partial charge in [0, 0.05) is 31.7 Å². The van der Waals surface area contributed by atoms with Crippen LogP contribution in [0.3, 0.4) is 0 Å². The first-order chi connectivity index (χ1) is 15.4. The Labute approximate surface area is 186 Å². The molecule has 1 N–H and O–H groups in total. The zero-order valence-corrected chi connectivity index (χ0v) is 18.0. The molecule has 170 valence electrons. The third-order valence-corrected chi connectivity index (χ3v) is 4.94. The summed E-state index contributed by atoms with van der Waals surface area (Å²) < 4.78 is 15.4. The molecular formula is C23H26N2O7. The molecule has 1 fully saturated rings. The fourth-order valence-electron chi connectivity index (χ4n) is 3.26. The van der Waals surface area contributed by atoms with Crippen LogP contribution in [0.4, 0.5) is 4.79 Å². The molecule has 2 aromatic rings. The number of phenols is 1. The van der Waals surface area contributed by atoms with Crippen molar-refractivity contribution in [2.24, 2.45) is 0 Å². The third-order valence-electron chi connectivity index (χ3n) is 4.94. The first-order valence-electron chi connectivity index (χ1n) is 10.4. The quantitative estimate of drug-likeness (QED) is 0.542. The van der Waals surface area contributed by atoms with Crippen LogP contribution in [0.5, 0.6) is 17.2 Å². The predicted molar refractivity (Wildman–Crippen MR) is 115 cm³/mol. The molecule has 0 spiro atoms. The van der Waals surface area contributed by atoms with E-state index in [1.54, 1.807) is 47.9 Å². The molecule has 0 bridgehead atoms. The molecule has 0 radical (unpaired) electrons. The van der Waals surface area contributed by atoms with E-state index in [9.17, 15) is 19.5 Å². The lowest BCUT2D eigenvalue weighted by atomic mass is 10.1. The summed E-state index contributed by atoms with van der Waals surface area (Å²) in [4.78, 5) is 40.2. The number of benzene rings is 2. The van der Waals surface area contributed by atoms with Crippen molar-refractivity contribution in [1.29, 1.82) is 0 Å². The topological polar surface area (TPSA) is 106 Å². The Kier molecular flexibility index (Phi) is 7.54. The monoisotopic (exact) mass is 442 g/mol. The first kappa shape index (κ1) is 22.9. The highest BCUT2D eigenvalue weighted by atomic mass is 16.7. The zero-order chi connectivity index (χ0) is 23.1. The van der Waals surface area contributed by atoms with Gasteiger partial charge in [0.05, 0.1) is 6.61 Å². The zero-order valence-electron chi connectivity index (χ0n) is 18.0. The number of amides is 2. The molecule has 1 unspecified atom stereocenters. The molecule has 0 aromatic heterocycles. The lowest BCUT2D eigenvalue weighted by Crippen LogP contribution is -2.53. The van der Waals surface area contributed by atoms with E-state index in [2.05, 4.69) is 0 Å². The van der Waals surface area contributed by atoms with Gasteiger partial charge in [-0.15, -0.1) is 0 Å². The van der Waals surface area contributed by atoms with Gasteiger partial charge in [0.15, 0.2) is 6.10 Å². The van der Waals surface area contributed by atoms with E-state index < -0.39 is 12.3 Å². The van der Waals surface area contributed by atoms with Gasteiger partial charge in [-0.1, -0.05) is 0 Å². The number of aromatic hydroxyl groups is 1. The SMILES string of the molecule is CCOC(=O)Oc1ccc(C(=O)N2CCN(C(=O)C(C)Oc3ccc(O)cc3)CC2)cc1. The summed E-state index contributed by atoms with van der Waals surface area (Å²) in [6.07, 6.45) is -1.48. The second kappa shape index (κ2) is 10.5. The van der Waals surface area contributed by atoms with Crippen molar-refractivity contribution in [3.8, 4) is 17.2 Å². The minimum atomic E-state index is -0.795. The Balaban J connectivity index is 1.50. The van der Waals surface area contributed by atoms with Gasteiger partial charge >= 0.3 is 6.16 Å². The molecular weight excluding hydrogens is 416 g/mol. The van der Waals surface area contributed by atoms with Gasteiger partial charge in [0.2, 0.25) is 0 Å². The van der Waals surface area contributed by atoms with Gasteiger partial charge in [0.1, 0.15) is 17.2 Å². The van der Waals surface area contributed by atoms with Crippen LogP contribution >= 0.6 is 0 Å². The second-order valence-corrected chi connectivity index (χ2v) is 7.18. The summed E-state index contributed by atoms with van der Waals surface area (Å²) in [5.74, 6) is 0.586. The number of rotatable bonds is 6. The minimum absolute atomic E-state index is 0.123. The highest BCUT2D eigenvalue weighted by Gasteiger charge is 2.28. The van der Waals surface area contributed by atoms with E-state index in [1.165, 1.54) is 24.3 Å². The van der Waals surface area contributed by atoms with Crippen molar-refractivity contribution >= 4 is 18.0 Å². The lowest BCUT2D eigenvalue weighted by molar-refractivity contribution is -0.139. The molecule has 9 nitrogen and oxygen atoms in total. The molecule has 9 heteroatoms. The van der Waals surface area contributed by atoms with Gasteiger partial charge in [-0.25, -0.2) is 4.79 Å². The first-order valence-corrected chi connectivity index (χ1v) is 10.4. The fourth-order valence-corrected chi connectivity index (χ4v) is 3.26. The molecule has 2 amide bonds. The van der Waals surface area contributed by atoms with Crippen LogP contribution in [0.1, 0.15) is 24.2 Å². The van der Waals surface area contributed by atoms with Gasteiger partial charge in [-0.05, 0) is 62.4 Å². The van der Waals surface area contributed by atoms with Gasteiger partial charge in [-0.3, -0.25) is 9.59 Å². The molecule has 1 heterocycles. The van der Waals surface area contributed by atoms with Crippen molar-refractivity contribution in [2.45, 2.75) is 20.0 Å². The number of hydrogen-bond acceptors (Lipinski definition) is 7. The highest BCUT2D eigenvalue weighted by molar-refractivity contribution is 5.94. The van der Waals surface area contributed by atoms with Crippen LogP contribution < -0.4 is 9.47 Å². The molecule has 1 aliphatic rings. The molecule has 1 aliphatic heterocycles. The van der Waals surface area contributed by atoms with Crippen molar-refractivity contribution < 1.29 is 33.7 Å². The van der Waals surface area contributed by atoms with Crippen LogP contribution in [0.25, 0.3) is 0 Å². The van der Waals surface area contributed by atoms with Gasteiger partial charge in [-0.2, -0.15) is 0 Å². The second-order valence-electron chi connectivity index (χ2n) is 7.18. The van der Waals surface area contributed by atoms with Crippen LogP contribution in [0.2, 0.25) is 0 Å². The van der Waals surface area contributed by atoms with Crippen molar-refractivity contribution in [3.05, 3.63) is 54.1 Å². The lowest BCUT2D eigenvalue weighted by Gasteiger charge is -2.36. The number of hydrogen-bond donors (Lipinski definition) is 1. The summed E-state index contributed by atoms with van der Waals surface area (Å²) in [5.41, 5.74) is 0.463. The van der Waals surface area contributed by atoms with E-state index in [0.717, 1.165) is 0 Å². The Morgan fingerprint density at radius 1 is 0.906 bits per heavy atom. The maximum Gasteiger partial charge on any atom is 0.513 e. The Morgan fingerprint density at radius 2 is 1.47 bits per heavy atom. The Hall–Kier alpha value is -3.75. The molecule has 32 heavy (non-hydrogen) atoms. The number of nitrogens with zero attached hydrogens (tertiary/aromatic N) is 2. The van der Waals surface area contributed by atoms with Crippen molar-refractivity contribution in [2.75, 3.05) is 32.8 Å². The van der Waals surface area contributed by atoms with E-state index >= 15 is 0 Å². The largest absolute Gasteiger partial charge is 0.513 e. The average molecular weight is 442 g/mol. The summed E-state index contributed by atoms with van der Waals surface area (Å²) in [7, 11) is 0. The Morgan fingerprint density at radius 3 is 2.06 bits per heavy atom. The van der Waals surface area contributed by atoms with Crippen LogP contribution in [-0.2, 0) is 9.53 Å². The number of phenolic OH excluding ortho intramolecular Hbond substituents is 1. The molecule has 1 atom stereocenters. The number of piperazine rings is 1. The smallest absolute Gasteiger partial charge is 0.508 e. The fraction of sp³-hybridized carbons (Fsp3) is 0.348. The van der Waals surface area contributed by atoms with Crippen LogP contribution in [-0.4, -0.2) is 71.8 Å². The van der Waals surface area contributed by atoms with E-state index in [1.807, 2.05) is 0 Å². The van der Waals surface area contributed by atoms with Gasteiger partial charge < -0.3 is 29.1 Å². The molecule has 1 saturated heterocycles.